The highest BCUT2D eigenvalue weighted by Crippen LogP contribution is 2.19. The van der Waals surface area contributed by atoms with Crippen LogP contribution < -0.4 is 15.6 Å². The molecule has 0 saturated carbocycles. The largest absolute Gasteiger partial charge is 0.548 e. The smallest absolute Gasteiger partial charge is 0.420 e. The number of methoxy groups -OCH3 is 1. The summed E-state index contributed by atoms with van der Waals surface area (Å²) in [7, 11) is 1.48. The van der Waals surface area contributed by atoms with Crippen LogP contribution in [-0.4, -0.2) is 17.6 Å². The lowest BCUT2D eigenvalue weighted by molar-refractivity contribution is -0.306. The number of fused-ring (bicyclic) bond motifs is 1. The average Bonchev–Trinajstić information content (AvgIpc) is 2.54. The van der Waals surface area contributed by atoms with E-state index < -0.39 is 18.3 Å². The summed E-state index contributed by atoms with van der Waals surface area (Å²) in [6, 6.07) is 4.69. The van der Waals surface area contributed by atoms with Crippen LogP contribution in [0.3, 0.4) is 0 Å². The van der Waals surface area contributed by atoms with Crippen molar-refractivity contribution in [1.82, 2.24) is 4.57 Å². The van der Waals surface area contributed by atoms with Gasteiger partial charge in [0.05, 0.1) is 25.1 Å². The molecule has 0 aliphatic carbocycles. The van der Waals surface area contributed by atoms with E-state index in [0.717, 1.165) is 4.57 Å². The lowest BCUT2D eigenvalue weighted by atomic mass is 10.3. The molecule has 0 aliphatic rings. The van der Waals surface area contributed by atoms with Crippen molar-refractivity contribution in [2.45, 2.75) is 6.54 Å². The normalized spacial score (nSPS) is 10.6. The van der Waals surface area contributed by atoms with E-state index in [4.69, 9.17) is 9.15 Å². The number of ether oxygens (including phenoxy) is 1. The number of carbonyl (C=O) groups is 1. The first-order valence-corrected chi connectivity index (χ1v) is 4.49. The van der Waals surface area contributed by atoms with Gasteiger partial charge in [0.15, 0.2) is 5.58 Å². The van der Waals surface area contributed by atoms with E-state index in [1.54, 1.807) is 12.1 Å². The molecule has 0 spiro atoms. The van der Waals surface area contributed by atoms with Crippen molar-refractivity contribution < 1.29 is 19.1 Å². The summed E-state index contributed by atoms with van der Waals surface area (Å²) < 4.78 is 10.8. The lowest BCUT2D eigenvalue weighted by Gasteiger charge is -2.02. The van der Waals surface area contributed by atoms with Crippen LogP contribution in [0.4, 0.5) is 0 Å². The van der Waals surface area contributed by atoms with Gasteiger partial charge >= 0.3 is 5.76 Å². The third kappa shape index (κ3) is 1.65. The highest BCUT2D eigenvalue weighted by molar-refractivity contribution is 5.76. The first-order chi connectivity index (χ1) is 7.61. The third-order valence-corrected chi connectivity index (χ3v) is 2.16. The molecule has 0 unspecified atom stereocenters. The van der Waals surface area contributed by atoms with Crippen molar-refractivity contribution in [2.75, 3.05) is 7.11 Å². The van der Waals surface area contributed by atoms with Crippen molar-refractivity contribution in [3.8, 4) is 5.75 Å². The SMILES string of the molecule is COc1ccc2c(c1)oc(=O)n2CC(=O)[O-]. The number of nitrogens with zero attached hydrogens (tertiary/aromatic N) is 1. The van der Waals surface area contributed by atoms with Gasteiger partial charge in [-0.15, -0.1) is 0 Å². The summed E-state index contributed by atoms with van der Waals surface area (Å²) in [5.74, 6) is -1.55. The number of hydrogen-bond donors (Lipinski definition) is 0. The zero-order valence-electron chi connectivity index (χ0n) is 8.43. The second kappa shape index (κ2) is 3.73. The minimum atomic E-state index is -1.35. The number of aromatic nitrogens is 1. The zero-order chi connectivity index (χ0) is 11.7. The molecule has 84 valence electrons. The molecule has 6 nitrogen and oxygen atoms in total. The van der Waals surface area contributed by atoms with Crippen LogP contribution in [0.1, 0.15) is 0 Å². The van der Waals surface area contributed by atoms with Gasteiger partial charge in [-0.25, -0.2) is 4.79 Å². The first kappa shape index (κ1) is 10.3. The maximum atomic E-state index is 11.3. The minimum absolute atomic E-state index is 0.283. The molecule has 0 aliphatic heterocycles. The summed E-state index contributed by atoms with van der Waals surface area (Å²) in [6.07, 6.45) is 0. The first-order valence-electron chi connectivity index (χ1n) is 4.49. The molecule has 2 rings (SSSR count). The van der Waals surface area contributed by atoms with Gasteiger partial charge in [0.2, 0.25) is 0 Å². The second-order valence-corrected chi connectivity index (χ2v) is 3.16. The molecule has 0 bridgehead atoms. The van der Waals surface area contributed by atoms with E-state index in [2.05, 4.69) is 0 Å². The van der Waals surface area contributed by atoms with E-state index >= 15 is 0 Å². The predicted octanol–water partition coefficient (Wildman–Crippen LogP) is -0.647. The molecule has 0 amide bonds. The predicted molar refractivity (Wildman–Crippen MR) is 52.0 cm³/mol. The summed E-state index contributed by atoms with van der Waals surface area (Å²) >= 11 is 0. The Labute approximate surface area is 89.7 Å². The highest BCUT2D eigenvalue weighted by atomic mass is 16.5. The molecule has 6 heteroatoms. The maximum absolute atomic E-state index is 11.3. The van der Waals surface area contributed by atoms with Crippen LogP contribution in [0.25, 0.3) is 11.1 Å². The molecule has 16 heavy (non-hydrogen) atoms. The fourth-order valence-electron chi connectivity index (χ4n) is 1.45. The molecule has 0 N–H and O–H groups in total. The van der Waals surface area contributed by atoms with Gasteiger partial charge in [0.1, 0.15) is 5.75 Å². The van der Waals surface area contributed by atoms with E-state index in [1.807, 2.05) is 0 Å². The summed E-state index contributed by atoms with van der Waals surface area (Å²) in [4.78, 5) is 21.8. The van der Waals surface area contributed by atoms with Crippen molar-refractivity contribution in [3.63, 3.8) is 0 Å². The molecular formula is C10H8NO5-. The Morgan fingerprint density at radius 2 is 2.31 bits per heavy atom. The van der Waals surface area contributed by atoms with E-state index in [0.29, 0.717) is 11.3 Å². The van der Waals surface area contributed by atoms with Gasteiger partial charge in [-0.3, -0.25) is 4.57 Å². The summed E-state index contributed by atoms with van der Waals surface area (Å²) in [5.41, 5.74) is 0.681. The van der Waals surface area contributed by atoms with Crippen molar-refractivity contribution >= 4 is 17.1 Å². The number of benzene rings is 1. The Kier molecular flexibility index (Phi) is 2.40. The Hall–Kier alpha value is -2.24. The van der Waals surface area contributed by atoms with Crippen molar-refractivity contribution in [3.05, 3.63) is 28.7 Å². The minimum Gasteiger partial charge on any atom is -0.548 e. The van der Waals surface area contributed by atoms with Crippen molar-refractivity contribution in [1.29, 1.82) is 0 Å². The molecule has 1 aromatic heterocycles. The molecule has 1 aromatic carbocycles. The van der Waals surface area contributed by atoms with E-state index in [-0.39, 0.29) is 5.58 Å². The fraction of sp³-hybridized carbons (Fsp3) is 0.200. The van der Waals surface area contributed by atoms with Gasteiger partial charge in [-0.05, 0) is 12.1 Å². The zero-order valence-corrected chi connectivity index (χ0v) is 8.43. The number of oxazole rings is 1. The molecule has 1 heterocycles. The van der Waals surface area contributed by atoms with Gasteiger partial charge in [-0.2, -0.15) is 0 Å². The maximum Gasteiger partial charge on any atom is 0.420 e. The molecule has 0 radical (unpaired) electrons. The Bertz CT molecular complexity index is 595. The van der Waals surface area contributed by atoms with Crippen LogP contribution in [0, 0.1) is 0 Å². The average molecular weight is 222 g/mol. The number of aliphatic carboxylic acids is 1. The van der Waals surface area contributed by atoms with Crippen LogP contribution in [0.2, 0.25) is 0 Å². The second-order valence-electron chi connectivity index (χ2n) is 3.16. The fourth-order valence-corrected chi connectivity index (χ4v) is 1.45. The Morgan fingerprint density at radius 1 is 1.56 bits per heavy atom. The number of hydrogen-bond acceptors (Lipinski definition) is 5. The van der Waals surface area contributed by atoms with Crippen LogP contribution in [0.5, 0.6) is 5.75 Å². The highest BCUT2D eigenvalue weighted by Gasteiger charge is 2.09. The standard InChI is InChI=1S/C10H9NO5/c1-15-6-2-3-7-8(4-6)16-10(14)11(7)5-9(12)13/h2-4H,5H2,1H3,(H,12,13)/p-1. The molecule has 0 saturated heterocycles. The quantitative estimate of drug-likeness (QED) is 0.689. The molecule has 0 fully saturated rings. The van der Waals surface area contributed by atoms with E-state index in [1.165, 1.54) is 13.2 Å². The Balaban J connectivity index is 2.62. The van der Waals surface area contributed by atoms with Crippen molar-refractivity contribution in [2.24, 2.45) is 0 Å². The summed E-state index contributed by atoms with van der Waals surface area (Å²) in [5, 5.41) is 10.4. The lowest BCUT2D eigenvalue weighted by Crippen LogP contribution is -2.31. The molecule has 2 aromatic rings. The molecular weight excluding hydrogens is 214 g/mol. The van der Waals surface area contributed by atoms with Crippen LogP contribution >= 0.6 is 0 Å². The van der Waals surface area contributed by atoms with Gasteiger partial charge in [-0.1, -0.05) is 0 Å². The third-order valence-electron chi connectivity index (χ3n) is 2.16. The van der Waals surface area contributed by atoms with Gasteiger partial charge in [0.25, 0.3) is 0 Å². The monoisotopic (exact) mass is 222 g/mol. The van der Waals surface area contributed by atoms with Crippen LogP contribution in [0.15, 0.2) is 27.4 Å². The molecule has 0 atom stereocenters. The van der Waals surface area contributed by atoms with E-state index in [9.17, 15) is 14.7 Å². The summed E-state index contributed by atoms with van der Waals surface area (Å²) in [6.45, 7) is -0.530. The number of carboxylic acid groups (broad SMARTS) is 1. The number of rotatable bonds is 3. The topological polar surface area (TPSA) is 84.5 Å². The van der Waals surface area contributed by atoms with Crippen LogP contribution in [-0.2, 0) is 11.3 Å². The number of carbonyl (C=O) groups excluding carboxylic acids is 1. The Morgan fingerprint density at radius 3 is 2.94 bits per heavy atom. The van der Waals surface area contributed by atoms with Gasteiger partial charge in [0, 0.05) is 6.07 Å². The number of carboxylic acids is 1. The van der Waals surface area contributed by atoms with Gasteiger partial charge < -0.3 is 19.1 Å².